The van der Waals surface area contributed by atoms with Crippen LogP contribution in [0.15, 0.2) is 18.2 Å². The van der Waals surface area contributed by atoms with Crippen LogP contribution < -0.4 is 0 Å². The van der Waals surface area contributed by atoms with E-state index in [0.717, 1.165) is 34.9 Å². The Morgan fingerprint density at radius 2 is 2.16 bits per heavy atom. The number of hydrogen-bond acceptors (Lipinski definition) is 1. The highest BCUT2D eigenvalue weighted by Gasteiger charge is 2.26. The van der Waals surface area contributed by atoms with Crippen molar-refractivity contribution in [1.82, 2.24) is 0 Å². The first-order valence-corrected chi connectivity index (χ1v) is 7.75. The van der Waals surface area contributed by atoms with Crippen molar-refractivity contribution in [3.05, 3.63) is 34.3 Å². The number of halogens is 1. The molecule has 2 heteroatoms. The van der Waals surface area contributed by atoms with Gasteiger partial charge < -0.3 is 0 Å². The van der Waals surface area contributed by atoms with Crippen molar-refractivity contribution < 1.29 is 4.79 Å². The average Bonchev–Trinajstić information content (AvgIpc) is 2.42. The van der Waals surface area contributed by atoms with E-state index in [1.165, 1.54) is 19.3 Å². The molecule has 1 aliphatic carbocycles. The molecule has 0 aliphatic heterocycles. The first-order valence-electron chi connectivity index (χ1n) is 7.38. The number of aryl methyl sites for hydroxylation is 1. The molecule has 0 amide bonds. The van der Waals surface area contributed by atoms with Crippen molar-refractivity contribution in [1.29, 1.82) is 0 Å². The van der Waals surface area contributed by atoms with Crippen molar-refractivity contribution in [3.63, 3.8) is 0 Å². The second-order valence-electron chi connectivity index (χ2n) is 5.88. The molecule has 1 nitrogen and oxygen atoms in total. The monoisotopic (exact) mass is 278 g/mol. The van der Waals surface area contributed by atoms with Gasteiger partial charge >= 0.3 is 0 Å². The fraction of sp³-hybridized carbons (Fsp3) is 0.588. The van der Waals surface area contributed by atoms with Gasteiger partial charge in [-0.05, 0) is 42.9 Å². The molecule has 19 heavy (non-hydrogen) atoms. The molecule has 2 rings (SSSR count). The predicted molar refractivity (Wildman–Crippen MR) is 80.6 cm³/mol. The van der Waals surface area contributed by atoms with Crippen LogP contribution >= 0.6 is 11.6 Å². The van der Waals surface area contributed by atoms with E-state index < -0.39 is 0 Å². The van der Waals surface area contributed by atoms with Gasteiger partial charge in [-0.1, -0.05) is 49.9 Å². The highest BCUT2D eigenvalue weighted by Crippen LogP contribution is 2.32. The van der Waals surface area contributed by atoms with Crippen LogP contribution in [0.25, 0.3) is 0 Å². The Kier molecular flexibility index (Phi) is 5.04. The standard InChI is InChI=1S/C17H23ClO/c1-3-13-5-4-6-15(10-13)17(19)11-14-8-7-12(2)9-16(14)18/h7-9,13,15H,3-6,10-11H2,1-2H3. The maximum Gasteiger partial charge on any atom is 0.140 e. The van der Waals surface area contributed by atoms with E-state index in [2.05, 4.69) is 6.92 Å². The smallest absolute Gasteiger partial charge is 0.140 e. The maximum absolute atomic E-state index is 12.4. The Hall–Kier alpha value is -0.820. The van der Waals surface area contributed by atoms with Crippen molar-refractivity contribution in [2.45, 2.75) is 52.4 Å². The number of Topliss-reactive ketones (excluding diaryl/α,β-unsaturated/α-hetero) is 1. The van der Waals surface area contributed by atoms with E-state index in [0.29, 0.717) is 12.2 Å². The van der Waals surface area contributed by atoms with Crippen LogP contribution in [0.5, 0.6) is 0 Å². The van der Waals surface area contributed by atoms with Crippen molar-refractivity contribution in [3.8, 4) is 0 Å². The van der Waals surface area contributed by atoms with Crippen LogP contribution in [0, 0.1) is 18.8 Å². The summed E-state index contributed by atoms with van der Waals surface area (Å²) in [5.41, 5.74) is 2.13. The maximum atomic E-state index is 12.4. The van der Waals surface area contributed by atoms with Crippen LogP contribution in [-0.2, 0) is 11.2 Å². The molecule has 1 saturated carbocycles. The summed E-state index contributed by atoms with van der Waals surface area (Å²) in [5, 5.41) is 0.733. The van der Waals surface area contributed by atoms with Gasteiger partial charge in [-0.15, -0.1) is 0 Å². The molecule has 0 heterocycles. The number of benzene rings is 1. The van der Waals surface area contributed by atoms with Crippen LogP contribution in [0.3, 0.4) is 0 Å². The minimum Gasteiger partial charge on any atom is -0.299 e. The summed E-state index contributed by atoms with van der Waals surface area (Å²) in [7, 11) is 0. The molecular weight excluding hydrogens is 256 g/mol. The number of rotatable bonds is 4. The fourth-order valence-corrected chi connectivity index (χ4v) is 3.38. The van der Waals surface area contributed by atoms with Crippen molar-refractivity contribution in [2.75, 3.05) is 0 Å². The summed E-state index contributed by atoms with van der Waals surface area (Å²) >= 11 is 6.22. The molecule has 0 saturated heterocycles. The van der Waals surface area contributed by atoms with Gasteiger partial charge in [0.05, 0.1) is 0 Å². The fourth-order valence-electron chi connectivity index (χ4n) is 3.08. The Balaban J connectivity index is 2.00. The third-order valence-electron chi connectivity index (χ3n) is 4.39. The van der Waals surface area contributed by atoms with Gasteiger partial charge in [-0.25, -0.2) is 0 Å². The van der Waals surface area contributed by atoms with Crippen molar-refractivity contribution >= 4 is 17.4 Å². The zero-order chi connectivity index (χ0) is 13.8. The molecule has 1 aromatic rings. The minimum absolute atomic E-state index is 0.260. The molecule has 104 valence electrons. The molecule has 1 aromatic carbocycles. The number of carbonyl (C=O) groups excluding carboxylic acids is 1. The summed E-state index contributed by atoms with van der Waals surface area (Å²) < 4.78 is 0. The largest absolute Gasteiger partial charge is 0.299 e. The molecule has 0 bridgehead atoms. The van der Waals surface area contributed by atoms with Gasteiger partial charge in [0, 0.05) is 17.4 Å². The minimum atomic E-state index is 0.260. The molecule has 0 N–H and O–H groups in total. The molecule has 0 spiro atoms. The third kappa shape index (κ3) is 3.82. The average molecular weight is 279 g/mol. The third-order valence-corrected chi connectivity index (χ3v) is 4.74. The second kappa shape index (κ2) is 6.56. The van der Waals surface area contributed by atoms with Gasteiger partial charge in [0.1, 0.15) is 5.78 Å². The Labute approximate surface area is 121 Å². The van der Waals surface area contributed by atoms with Crippen molar-refractivity contribution in [2.24, 2.45) is 11.8 Å². The van der Waals surface area contributed by atoms with E-state index in [-0.39, 0.29) is 5.92 Å². The number of hydrogen-bond donors (Lipinski definition) is 0. The van der Waals surface area contributed by atoms with E-state index in [4.69, 9.17) is 11.6 Å². The van der Waals surface area contributed by atoms with E-state index in [1.807, 2.05) is 25.1 Å². The molecule has 0 radical (unpaired) electrons. The van der Waals surface area contributed by atoms with Gasteiger partial charge in [0.25, 0.3) is 0 Å². The number of carbonyl (C=O) groups is 1. The first kappa shape index (κ1) is 14.6. The summed E-state index contributed by atoms with van der Waals surface area (Å²) in [6, 6.07) is 5.97. The number of ketones is 1. The Morgan fingerprint density at radius 3 is 2.84 bits per heavy atom. The molecular formula is C17H23ClO. The zero-order valence-electron chi connectivity index (χ0n) is 11.9. The molecule has 2 unspecified atom stereocenters. The van der Waals surface area contributed by atoms with E-state index >= 15 is 0 Å². The predicted octanol–water partition coefficient (Wildman–Crippen LogP) is 4.98. The van der Waals surface area contributed by atoms with E-state index in [1.54, 1.807) is 0 Å². The highest BCUT2D eigenvalue weighted by atomic mass is 35.5. The second-order valence-corrected chi connectivity index (χ2v) is 6.28. The molecule has 2 atom stereocenters. The van der Waals surface area contributed by atoms with Crippen LogP contribution in [0.2, 0.25) is 5.02 Å². The van der Waals surface area contributed by atoms with Crippen LogP contribution in [-0.4, -0.2) is 5.78 Å². The summed E-state index contributed by atoms with van der Waals surface area (Å²) in [6.45, 7) is 4.25. The summed E-state index contributed by atoms with van der Waals surface area (Å²) in [4.78, 5) is 12.4. The quantitative estimate of drug-likeness (QED) is 0.759. The molecule has 0 aromatic heterocycles. The lowest BCUT2D eigenvalue weighted by atomic mass is 9.77. The Morgan fingerprint density at radius 1 is 1.37 bits per heavy atom. The van der Waals surface area contributed by atoms with Gasteiger partial charge in [0.2, 0.25) is 0 Å². The molecule has 1 aliphatic rings. The highest BCUT2D eigenvalue weighted by molar-refractivity contribution is 6.31. The van der Waals surface area contributed by atoms with Gasteiger partial charge in [-0.2, -0.15) is 0 Å². The Bertz CT molecular complexity index is 453. The van der Waals surface area contributed by atoms with Crippen LogP contribution in [0.4, 0.5) is 0 Å². The summed E-state index contributed by atoms with van der Waals surface area (Å²) in [6.07, 6.45) is 6.36. The SMILES string of the molecule is CCC1CCCC(C(=O)Cc2ccc(C)cc2Cl)C1. The lowest BCUT2D eigenvalue weighted by molar-refractivity contribution is -0.123. The topological polar surface area (TPSA) is 17.1 Å². The van der Waals surface area contributed by atoms with Crippen LogP contribution in [0.1, 0.15) is 50.2 Å². The van der Waals surface area contributed by atoms with E-state index in [9.17, 15) is 4.79 Å². The first-order chi connectivity index (χ1) is 9.10. The molecule has 1 fully saturated rings. The summed E-state index contributed by atoms with van der Waals surface area (Å²) in [5.74, 6) is 1.39. The lowest BCUT2D eigenvalue weighted by Gasteiger charge is -2.27. The zero-order valence-corrected chi connectivity index (χ0v) is 12.7. The van der Waals surface area contributed by atoms with Gasteiger partial charge in [0.15, 0.2) is 0 Å². The van der Waals surface area contributed by atoms with Gasteiger partial charge in [-0.3, -0.25) is 4.79 Å². The lowest BCUT2D eigenvalue weighted by Crippen LogP contribution is -2.24. The normalized spacial score (nSPS) is 23.3.